The third-order valence-electron chi connectivity index (χ3n) is 5.26. The number of benzene rings is 2. The Morgan fingerprint density at radius 2 is 1.81 bits per heavy atom. The maximum Gasteiger partial charge on any atom is 0.303 e. The summed E-state index contributed by atoms with van der Waals surface area (Å²) in [6, 6.07) is 16.3. The Balaban J connectivity index is 1.77. The topological polar surface area (TPSA) is 81.1 Å². The van der Waals surface area contributed by atoms with E-state index >= 15 is 0 Å². The van der Waals surface area contributed by atoms with Crippen molar-refractivity contribution < 1.29 is 9.90 Å². The lowest BCUT2D eigenvalue weighted by molar-refractivity contribution is -0.136. The Bertz CT molecular complexity index is 1230. The number of nitrogens with two attached hydrogens (primary N) is 1. The molecular weight excluding hydrogens is 406 g/mol. The van der Waals surface area contributed by atoms with Crippen molar-refractivity contribution in [2.75, 3.05) is 0 Å². The molecule has 0 amide bonds. The summed E-state index contributed by atoms with van der Waals surface area (Å²) in [7, 11) is 0. The van der Waals surface area contributed by atoms with Crippen LogP contribution in [-0.4, -0.2) is 20.6 Å². The molecule has 4 rings (SSSR count). The molecule has 4 aromatic rings. The van der Waals surface area contributed by atoms with Gasteiger partial charge in [0, 0.05) is 39.8 Å². The second-order valence-corrected chi connectivity index (χ2v) is 8.30. The minimum atomic E-state index is -0.794. The van der Waals surface area contributed by atoms with Gasteiger partial charge >= 0.3 is 5.97 Å². The minimum Gasteiger partial charge on any atom is -0.481 e. The highest BCUT2D eigenvalue weighted by Crippen LogP contribution is 2.40. The van der Waals surface area contributed by atoms with Crippen molar-refractivity contribution in [3.63, 3.8) is 0 Å². The van der Waals surface area contributed by atoms with E-state index < -0.39 is 5.97 Å². The average molecular weight is 430 g/mol. The largest absolute Gasteiger partial charge is 0.481 e. The molecule has 0 radical (unpaired) electrons. The van der Waals surface area contributed by atoms with Gasteiger partial charge in [-0.15, -0.1) is 11.3 Å². The van der Waals surface area contributed by atoms with Gasteiger partial charge in [0.25, 0.3) is 0 Å². The number of carboxylic acids is 1. The Morgan fingerprint density at radius 1 is 1.13 bits per heavy atom. The predicted molar refractivity (Wildman–Crippen MR) is 126 cm³/mol. The molecule has 0 saturated heterocycles. The van der Waals surface area contributed by atoms with Crippen molar-refractivity contribution in [1.82, 2.24) is 9.55 Å². The molecule has 2 aromatic carbocycles. The monoisotopic (exact) mass is 429 g/mol. The van der Waals surface area contributed by atoms with Gasteiger partial charge in [-0.25, -0.2) is 4.98 Å². The van der Waals surface area contributed by atoms with Crippen LogP contribution in [0.2, 0.25) is 0 Å². The van der Waals surface area contributed by atoms with E-state index in [0.29, 0.717) is 12.1 Å². The van der Waals surface area contributed by atoms with Crippen LogP contribution >= 0.6 is 11.3 Å². The molecule has 2 aromatic heterocycles. The van der Waals surface area contributed by atoms with Crippen LogP contribution in [0, 0.1) is 6.92 Å². The number of aryl methyl sites for hydroxylation is 2. The van der Waals surface area contributed by atoms with Crippen LogP contribution in [0.4, 0.5) is 0 Å². The third-order valence-corrected chi connectivity index (χ3v) is 6.31. The van der Waals surface area contributed by atoms with Gasteiger partial charge in [-0.05, 0) is 47.5 Å². The summed E-state index contributed by atoms with van der Waals surface area (Å²) >= 11 is 1.60. The van der Waals surface area contributed by atoms with E-state index in [2.05, 4.69) is 41.2 Å². The van der Waals surface area contributed by atoms with E-state index in [-0.39, 0.29) is 6.42 Å². The molecule has 0 spiro atoms. The van der Waals surface area contributed by atoms with Crippen LogP contribution in [0.25, 0.3) is 33.6 Å². The van der Waals surface area contributed by atoms with E-state index in [1.54, 1.807) is 17.5 Å². The standard InChI is InChI=1S/C25H23N3O2S/c1-16(26)18-3-5-19(6-4-18)22-15-31-23(11-12-24(29)30)25(22)20-7-9-21(10-8-20)28-14-13-27-17(28)2/h3-10,13-15H,1,11-12,26H2,2H3,(H,29,30). The highest BCUT2D eigenvalue weighted by Gasteiger charge is 2.17. The predicted octanol–water partition coefficient (Wildman–Crippen LogP) is 5.52. The zero-order valence-electron chi connectivity index (χ0n) is 17.2. The molecule has 3 N–H and O–H groups in total. The highest BCUT2D eigenvalue weighted by atomic mass is 32.1. The summed E-state index contributed by atoms with van der Waals surface area (Å²) in [5, 5.41) is 11.3. The van der Waals surface area contributed by atoms with E-state index in [0.717, 1.165) is 44.2 Å². The number of rotatable bonds is 7. The Morgan fingerprint density at radius 3 is 2.39 bits per heavy atom. The molecule has 0 aliphatic carbocycles. The molecule has 0 unspecified atom stereocenters. The second kappa shape index (κ2) is 8.62. The number of carboxylic acid groups (broad SMARTS) is 1. The number of imidazole rings is 1. The zero-order valence-corrected chi connectivity index (χ0v) is 18.0. The van der Waals surface area contributed by atoms with Crippen molar-refractivity contribution in [3.8, 4) is 27.9 Å². The van der Waals surface area contributed by atoms with Crippen LogP contribution in [-0.2, 0) is 11.2 Å². The normalized spacial score (nSPS) is 10.9. The van der Waals surface area contributed by atoms with Gasteiger partial charge in [0.05, 0.1) is 6.42 Å². The second-order valence-electron chi connectivity index (χ2n) is 7.34. The molecule has 0 saturated carbocycles. The quantitative estimate of drug-likeness (QED) is 0.405. The number of hydrogen-bond acceptors (Lipinski definition) is 4. The molecule has 31 heavy (non-hydrogen) atoms. The van der Waals surface area contributed by atoms with Gasteiger partial charge in [-0.3, -0.25) is 4.79 Å². The smallest absolute Gasteiger partial charge is 0.303 e. The van der Waals surface area contributed by atoms with E-state index in [1.807, 2.05) is 42.0 Å². The summed E-state index contributed by atoms with van der Waals surface area (Å²) in [4.78, 5) is 16.5. The first kappa shape index (κ1) is 20.6. The van der Waals surface area contributed by atoms with Gasteiger partial charge in [0.1, 0.15) is 5.82 Å². The number of nitrogens with zero attached hydrogens (tertiary/aromatic N) is 2. The van der Waals surface area contributed by atoms with Crippen LogP contribution < -0.4 is 5.73 Å². The first-order valence-corrected chi connectivity index (χ1v) is 10.8. The summed E-state index contributed by atoms with van der Waals surface area (Å²) < 4.78 is 2.03. The molecule has 156 valence electrons. The minimum absolute atomic E-state index is 0.102. The highest BCUT2D eigenvalue weighted by molar-refractivity contribution is 7.11. The van der Waals surface area contributed by atoms with Crippen LogP contribution in [0.15, 0.2) is 72.9 Å². The lowest BCUT2D eigenvalue weighted by Gasteiger charge is -2.11. The lowest BCUT2D eigenvalue weighted by atomic mass is 9.94. The van der Waals surface area contributed by atoms with E-state index in [4.69, 9.17) is 5.73 Å². The molecule has 2 heterocycles. The van der Waals surface area contributed by atoms with Crippen LogP contribution in [0.1, 0.15) is 22.7 Å². The number of carbonyl (C=O) groups is 1. The summed E-state index contributed by atoms with van der Waals surface area (Å²) in [5.41, 5.74) is 12.6. The molecule has 0 atom stereocenters. The summed E-state index contributed by atoms with van der Waals surface area (Å²) in [5.74, 6) is 0.130. The first-order chi connectivity index (χ1) is 14.9. The Kier molecular flexibility index (Phi) is 5.73. The molecule has 5 nitrogen and oxygen atoms in total. The molecule has 6 heteroatoms. The number of thiophene rings is 1. The zero-order chi connectivity index (χ0) is 22.0. The van der Waals surface area contributed by atoms with Gasteiger partial charge in [-0.2, -0.15) is 0 Å². The number of aromatic nitrogens is 2. The number of aliphatic carboxylic acids is 1. The maximum absolute atomic E-state index is 11.2. The van der Waals surface area contributed by atoms with Crippen molar-refractivity contribution in [3.05, 3.63) is 89.1 Å². The molecule has 0 fully saturated rings. The average Bonchev–Trinajstić information content (AvgIpc) is 3.38. The van der Waals surface area contributed by atoms with Crippen LogP contribution in [0.5, 0.6) is 0 Å². The first-order valence-electron chi connectivity index (χ1n) is 9.92. The fraction of sp³-hybridized carbons (Fsp3) is 0.120. The lowest BCUT2D eigenvalue weighted by Crippen LogP contribution is -1.98. The van der Waals surface area contributed by atoms with E-state index in [1.165, 1.54) is 0 Å². The molecule has 0 aliphatic rings. The summed E-state index contributed by atoms with van der Waals surface area (Å²) in [6.07, 6.45) is 4.32. The van der Waals surface area contributed by atoms with Gasteiger partial charge in [0.15, 0.2) is 0 Å². The van der Waals surface area contributed by atoms with E-state index in [9.17, 15) is 9.90 Å². The third kappa shape index (κ3) is 4.29. The molecular formula is C25H23N3O2S. The van der Waals surface area contributed by atoms with Crippen molar-refractivity contribution in [2.24, 2.45) is 5.73 Å². The van der Waals surface area contributed by atoms with Gasteiger partial charge in [0.2, 0.25) is 0 Å². The number of hydrogen-bond donors (Lipinski definition) is 2. The van der Waals surface area contributed by atoms with Gasteiger partial charge in [-0.1, -0.05) is 43.0 Å². The van der Waals surface area contributed by atoms with Crippen molar-refractivity contribution in [1.29, 1.82) is 0 Å². The maximum atomic E-state index is 11.2. The van der Waals surface area contributed by atoms with Crippen molar-refractivity contribution >= 4 is 23.0 Å². The fourth-order valence-electron chi connectivity index (χ4n) is 3.63. The van der Waals surface area contributed by atoms with Gasteiger partial charge < -0.3 is 15.4 Å². The summed E-state index contributed by atoms with van der Waals surface area (Å²) in [6.45, 7) is 5.76. The van der Waals surface area contributed by atoms with Crippen molar-refractivity contribution in [2.45, 2.75) is 19.8 Å². The Hall–Kier alpha value is -3.64. The fourth-order valence-corrected chi connectivity index (χ4v) is 4.71. The molecule has 0 bridgehead atoms. The van der Waals surface area contributed by atoms with Crippen LogP contribution in [0.3, 0.4) is 0 Å². The SMILES string of the molecule is C=C(N)c1ccc(-c2csc(CCC(=O)O)c2-c2ccc(-n3ccnc3C)cc2)cc1. The Labute approximate surface area is 185 Å². The molecule has 0 aliphatic heterocycles.